The second kappa shape index (κ2) is 14.1. The Morgan fingerprint density at radius 1 is 1.00 bits per heavy atom. The average Bonchev–Trinajstić information content (AvgIpc) is 3.34. The van der Waals surface area contributed by atoms with Gasteiger partial charge in [-0.2, -0.15) is 0 Å². The number of aliphatic carboxylic acids is 1. The van der Waals surface area contributed by atoms with Crippen molar-refractivity contribution >= 4 is 17.8 Å². The van der Waals surface area contributed by atoms with Crippen LogP contribution in [0.2, 0.25) is 0 Å². The van der Waals surface area contributed by atoms with Crippen LogP contribution in [0.4, 0.5) is 0 Å². The van der Waals surface area contributed by atoms with Gasteiger partial charge in [0.1, 0.15) is 5.75 Å². The molecule has 39 heavy (non-hydrogen) atoms. The van der Waals surface area contributed by atoms with Gasteiger partial charge in [-0.15, -0.1) is 0 Å². The van der Waals surface area contributed by atoms with Gasteiger partial charge in [0.05, 0.1) is 12.2 Å². The smallest absolute Gasteiger partial charge is 0.335 e. The summed E-state index contributed by atoms with van der Waals surface area (Å²) >= 11 is 0. The molecule has 1 heterocycles. The van der Waals surface area contributed by atoms with Crippen LogP contribution in [0, 0.1) is 0 Å². The van der Waals surface area contributed by atoms with Crippen LogP contribution >= 0.6 is 0 Å². The summed E-state index contributed by atoms with van der Waals surface area (Å²) in [5.41, 5.74) is 3.73. The van der Waals surface area contributed by atoms with E-state index in [1.165, 1.54) is 5.56 Å². The molecule has 8 nitrogen and oxygen atoms in total. The Hall–Kier alpha value is -3.39. The molecule has 1 saturated heterocycles. The number of likely N-dealkylation sites (tertiary alicyclic amines) is 1. The number of amides is 1. The van der Waals surface area contributed by atoms with Crippen molar-refractivity contribution in [2.24, 2.45) is 0 Å². The van der Waals surface area contributed by atoms with Crippen LogP contribution in [0.5, 0.6) is 5.75 Å². The van der Waals surface area contributed by atoms with E-state index in [0.29, 0.717) is 25.0 Å². The lowest BCUT2D eigenvalue weighted by molar-refractivity contribution is -0.137. The van der Waals surface area contributed by atoms with Gasteiger partial charge in [-0.25, -0.2) is 4.79 Å². The SMILES string of the molecule is O=C(O)CCCCN(CCc1ccccc1OCCCN1CCCC1=O)C1CCCc2cc(C(=O)O)ccc21. The molecule has 2 aromatic rings. The second-order valence-electron chi connectivity index (χ2n) is 10.6. The first-order valence-corrected chi connectivity index (χ1v) is 14.2. The third-order valence-corrected chi connectivity index (χ3v) is 7.84. The molecule has 8 heteroatoms. The summed E-state index contributed by atoms with van der Waals surface area (Å²) < 4.78 is 6.15. The van der Waals surface area contributed by atoms with E-state index in [4.69, 9.17) is 9.84 Å². The van der Waals surface area contributed by atoms with E-state index in [9.17, 15) is 19.5 Å². The fraction of sp³-hybridized carbons (Fsp3) is 0.516. The molecule has 1 fully saturated rings. The lowest BCUT2D eigenvalue weighted by Gasteiger charge is -2.36. The number of unbranched alkanes of at least 4 members (excludes halogenated alkanes) is 1. The number of para-hydroxylation sites is 1. The molecular formula is C31H40N2O6. The third kappa shape index (κ3) is 8.05. The van der Waals surface area contributed by atoms with Crippen molar-refractivity contribution in [1.29, 1.82) is 0 Å². The number of carboxylic acids is 2. The number of nitrogens with zero attached hydrogens (tertiary/aromatic N) is 2. The van der Waals surface area contributed by atoms with Gasteiger partial charge in [0.25, 0.3) is 0 Å². The van der Waals surface area contributed by atoms with E-state index < -0.39 is 11.9 Å². The maximum absolute atomic E-state index is 11.8. The molecule has 210 valence electrons. The summed E-state index contributed by atoms with van der Waals surface area (Å²) in [6.45, 7) is 3.71. The highest BCUT2D eigenvalue weighted by Crippen LogP contribution is 2.35. The summed E-state index contributed by atoms with van der Waals surface area (Å²) in [7, 11) is 0. The van der Waals surface area contributed by atoms with E-state index in [1.54, 1.807) is 6.07 Å². The fourth-order valence-corrected chi connectivity index (χ4v) is 5.81. The van der Waals surface area contributed by atoms with Crippen LogP contribution in [0.1, 0.15) is 84.5 Å². The normalized spacial score (nSPS) is 16.9. The fourth-order valence-electron chi connectivity index (χ4n) is 5.81. The van der Waals surface area contributed by atoms with Crippen LogP contribution in [0.15, 0.2) is 42.5 Å². The Morgan fingerprint density at radius 3 is 2.62 bits per heavy atom. The highest BCUT2D eigenvalue weighted by molar-refractivity contribution is 5.88. The van der Waals surface area contributed by atoms with Gasteiger partial charge >= 0.3 is 11.9 Å². The molecule has 0 spiro atoms. The Bertz CT molecular complexity index is 1150. The predicted molar refractivity (Wildman–Crippen MR) is 148 cm³/mol. The summed E-state index contributed by atoms with van der Waals surface area (Å²) in [6.07, 6.45) is 7.63. The zero-order chi connectivity index (χ0) is 27.6. The van der Waals surface area contributed by atoms with Crippen molar-refractivity contribution in [2.45, 2.75) is 70.3 Å². The van der Waals surface area contributed by atoms with E-state index in [0.717, 1.165) is 88.0 Å². The Balaban J connectivity index is 1.41. The van der Waals surface area contributed by atoms with Crippen LogP contribution in [-0.4, -0.2) is 70.6 Å². The highest BCUT2D eigenvalue weighted by atomic mass is 16.5. The number of ether oxygens (including phenoxy) is 1. The van der Waals surface area contributed by atoms with Crippen molar-refractivity contribution < 1.29 is 29.3 Å². The van der Waals surface area contributed by atoms with Crippen molar-refractivity contribution in [3.63, 3.8) is 0 Å². The quantitative estimate of drug-likeness (QED) is 0.310. The van der Waals surface area contributed by atoms with Crippen LogP contribution in [0.25, 0.3) is 0 Å². The molecule has 1 atom stereocenters. The predicted octanol–water partition coefficient (Wildman–Crippen LogP) is 4.95. The summed E-state index contributed by atoms with van der Waals surface area (Å²) in [4.78, 5) is 38.8. The zero-order valence-electron chi connectivity index (χ0n) is 22.6. The first-order chi connectivity index (χ1) is 18.9. The minimum atomic E-state index is -0.908. The number of fused-ring (bicyclic) bond motifs is 1. The maximum Gasteiger partial charge on any atom is 0.335 e. The van der Waals surface area contributed by atoms with Crippen molar-refractivity contribution in [2.75, 3.05) is 32.8 Å². The van der Waals surface area contributed by atoms with E-state index in [2.05, 4.69) is 11.0 Å². The van der Waals surface area contributed by atoms with Gasteiger partial charge < -0.3 is 19.8 Å². The lowest BCUT2D eigenvalue weighted by Crippen LogP contribution is -2.34. The molecule has 1 amide bonds. The van der Waals surface area contributed by atoms with Gasteiger partial charge in [-0.05, 0) is 92.8 Å². The maximum atomic E-state index is 11.8. The minimum absolute atomic E-state index is 0.163. The van der Waals surface area contributed by atoms with Crippen molar-refractivity contribution in [3.05, 3.63) is 64.7 Å². The van der Waals surface area contributed by atoms with Gasteiger partial charge in [-0.3, -0.25) is 14.5 Å². The number of benzene rings is 2. The number of hydrogen-bond acceptors (Lipinski definition) is 5. The van der Waals surface area contributed by atoms with Crippen molar-refractivity contribution in [3.8, 4) is 5.75 Å². The summed E-state index contributed by atoms with van der Waals surface area (Å²) in [5, 5.41) is 18.5. The van der Waals surface area contributed by atoms with Gasteiger partial charge in [0.15, 0.2) is 0 Å². The Kier molecular flexibility index (Phi) is 10.4. The summed E-state index contributed by atoms with van der Waals surface area (Å²) in [5.74, 6) is -0.575. The number of carbonyl (C=O) groups excluding carboxylic acids is 1. The standard InChI is InChI=1S/C31H40N2O6/c34-29-12-6-18-33(29)19-7-21-39-28-11-2-1-8-23(28)16-20-32(17-4-3-13-30(35)36)27-10-5-9-24-22-25(31(37)38)14-15-26(24)27/h1-2,8,11,14-15,22,27H,3-7,9-10,12-13,16-21H2,(H,35,36)(H,37,38). The van der Waals surface area contributed by atoms with Crippen LogP contribution in [-0.2, 0) is 22.4 Å². The molecule has 1 aliphatic heterocycles. The highest BCUT2D eigenvalue weighted by Gasteiger charge is 2.27. The average molecular weight is 537 g/mol. The first kappa shape index (κ1) is 28.6. The van der Waals surface area contributed by atoms with Crippen molar-refractivity contribution in [1.82, 2.24) is 9.80 Å². The van der Waals surface area contributed by atoms with E-state index >= 15 is 0 Å². The van der Waals surface area contributed by atoms with Crippen LogP contribution in [0.3, 0.4) is 0 Å². The molecular weight excluding hydrogens is 496 g/mol. The summed E-state index contributed by atoms with van der Waals surface area (Å²) in [6, 6.07) is 13.7. The topological polar surface area (TPSA) is 107 Å². The molecule has 4 rings (SSSR count). The lowest BCUT2D eigenvalue weighted by atomic mass is 9.85. The Morgan fingerprint density at radius 2 is 1.85 bits per heavy atom. The first-order valence-electron chi connectivity index (χ1n) is 14.2. The minimum Gasteiger partial charge on any atom is -0.493 e. The number of hydrogen-bond donors (Lipinski definition) is 2. The molecule has 0 radical (unpaired) electrons. The zero-order valence-corrected chi connectivity index (χ0v) is 22.6. The van der Waals surface area contributed by atoms with Gasteiger partial charge in [-0.1, -0.05) is 24.3 Å². The molecule has 0 aromatic heterocycles. The number of carboxylic acid groups (broad SMARTS) is 2. The molecule has 0 saturated carbocycles. The number of rotatable bonds is 15. The van der Waals surface area contributed by atoms with Crippen LogP contribution < -0.4 is 4.74 Å². The number of aromatic carboxylic acids is 1. The van der Waals surface area contributed by atoms with E-state index in [1.807, 2.05) is 35.2 Å². The molecule has 1 aliphatic carbocycles. The number of carbonyl (C=O) groups is 3. The monoisotopic (exact) mass is 536 g/mol. The van der Waals surface area contributed by atoms with Gasteiger partial charge in [0.2, 0.25) is 5.91 Å². The van der Waals surface area contributed by atoms with Gasteiger partial charge in [0, 0.05) is 38.5 Å². The second-order valence-corrected chi connectivity index (χ2v) is 10.6. The molecule has 1 unspecified atom stereocenters. The van der Waals surface area contributed by atoms with E-state index in [-0.39, 0.29) is 18.4 Å². The third-order valence-electron chi connectivity index (χ3n) is 7.84. The molecule has 0 bridgehead atoms. The largest absolute Gasteiger partial charge is 0.493 e. The Labute approximate surface area is 230 Å². The molecule has 2 N–H and O–H groups in total. The number of aryl methyl sites for hydroxylation is 1. The molecule has 2 aliphatic rings. The molecule has 2 aromatic carbocycles.